The van der Waals surface area contributed by atoms with E-state index >= 15 is 0 Å². The topological polar surface area (TPSA) is 118 Å². The molecule has 3 N–H and O–H groups in total. The van der Waals surface area contributed by atoms with Crippen LogP contribution in [0.1, 0.15) is 36.9 Å². The highest BCUT2D eigenvalue weighted by atomic mass is 16.5. The van der Waals surface area contributed by atoms with E-state index in [0.29, 0.717) is 40.9 Å². The third-order valence-electron chi connectivity index (χ3n) is 5.75. The normalized spacial score (nSPS) is 14.1. The van der Waals surface area contributed by atoms with Gasteiger partial charge in [0, 0.05) is 48.9 Å². The Labute approximate surface area is 216 Å². The minimum atomic E-state index is -0.435. The number of rotatable bonds is 8. The van der Waals surface area contributed by atoms with Gasteiger partial charge in [0.1, 0.15) is 17.3 Å². The second kappa shape index (κ2) is 11.9. The number of aromatic nitrogens is 1. The molecule has 0 radical (unpaired) electrons. The van der Waals surface area contributed by atoms with E-state index in [4.69, 9.17) is 14.0 Å². The smallest absolute Gasteiger partial charge is 0.324 e. The molecule has 4 rings (SSSR count). The van der Waals surface area contributed by atoms with Gasteiger partial charge in [0.05, 0.1) is 13.2 Å². The van der Waals surface area contributed by atoms with Gasteiger partial charge in [-0.25, -0.2) is 4.79 Å². The first-order valence-corrected chi connectivity index (χ1v) is 12.3. The lowest BCUT2D eigenvalue weighted by Crippen LogP contribution is -2.41. The second-order valence-corrected chi connectivity index (χ2v) is 9.77. The molecule has 0 aliphatic carbocycles. The summed E-state index contributed by atoms with van der Waals surface area (Å²) in [6, 6.07) is 15.2. The first-order chi connectivity index (χ1) is 17.8. The van der Waals surface area contributed by atoms with E-state index in [2.05, 4.69) is 26.0 Å². The van der Waals surface area contributed by atoms with Crippen molar-refractivity contribution in [1.29, 1.82) is 0 Å². The average molecular weight is 508 g/mol. The van der Waals surface area contributed by atoms with E-state index in [9.17, 15) is 9.59 Å². The van der Waals surface area contributed by atoms with Crippen molar-refractivity contribution in [2.24, 2.45) is 0 Å². The standard InChI is InChI=1S/C27H33N5O5/c1-27(2,3)23-18-24(31-37-23)30-26(34)29-20-7-9-21(10-8-20)36-22-6-4-5-19(17-22)25(33)28-11-12-32-13-15-35-16-14-32/h4-10,17-18H,11-16H2,1-3H3,(H,28,33)(H2,29,30,31,34). The SMILES string of the molecule is CC(C)(C)c1cc(NC(=O)Nc2ccc(Oc3cccc(C(=O)NCCN4CCOCC4)c3)cc2)no1. The van der Waals surface area contributed by atoms with E-state index in [0.717, 1.165) is 32.8 Å². The lowest BCUT2D eigenvalue weighted by Gasteiger charge is -2.26. The Kier molecular flexibility index (Phi) is 8.42. The summed E-state index contributed by atoms with van der Waals surface area (Å²) in [6.45, 7) is 10.6. The van der Waals surface area contributed by atoms with Crippen LogP contribution in [0.15, 0.2) is 59.1 Å². The van der Waals surface area contributed by atoms with Gasteiger partial charge < -0.3 is 24.6 Å². The highest BCUT2D eigenvalue weighted by molar-refractivity contribution is 5.99. The zero-order chi connectivity index (χ0) is 26.3. The monoisotopic (exact) mass is 507 g/mol. The number of nitrogens with zero attached hydrogens (tertiary/aromatic N) is 2. The van der Waals surface area contributed by atoms with Gasteiger partial charge in [-0.05, 0) is 42.5 Å². The predicted octanol–water partition coefficient (Wildman–Crippen LogP) is 4.47. The maximum absolute atomic E-state index is 12.6. The van der Waals surface area contributed by atoms with Crippen molar-refractivity contribution >= 4 is 23.4 Å². The molecule has 1 fully saturated rings. The predicted molar refractivity (Wildman–Crippen MR) is 140 cm³/mol. The summed E-state index contributed by atoms with van der Waals surface area (Å²) in [5, 5.41) is 12.2. The number of ether oxygens (including phenoxy) is 2. The number of hydrogen-bond donors (Lipinski definition) is 3. The third-order valence-corrected chi connectivity index (χ3v) is 5.75. The molecule has 37 heavy (non-hydrogen) atoms. The van der Waals surface area contributed by atoms with Crippen molar-refractivity contribution in [3.05, 3.63) is 65.9 Å². The number of morpholine rings is 1. The van der Waals surface area contributed by atoms with E-state index in [-0.39, 0.29) is 11.3 Å². The quantitative estimate of drug-likeness (QED) is 0.412. The van der Waals surface area contributed by atoms with Crippen molar-refractivity contribution in [2.45, 2.75) is 26.2 Å². The number of urea groups is 1. The fourth-order valence-corrected chi connectivity index (χ4v) is 3.66. The Morgan fingerprint density at radius 1 is 1.00 bits per heavy atom. The summed E-state index contributed by atoms with van der Waals surface area (Å²) < 4.78 is 16.5. The van der Waals surface area contributed by atoms with Crippen LogP contribution in [0, 0.1) is 0 Å². The summed E-state index contributed by atoms with van der Waals surface area (Å²) in [5.74, 6) is 1.99. The highest BCUT2D eigenvalue weighted by Crippen LogP contribution is 2.25. The van der Waals surface area contributed by atoms with E-state index in [1.165, 1.54) is 0 Å². The second-order valence-electron chi connectivity index (χ2n) is 9.77. The van der Waals surface area contributed by atoms with Crippen molar-refractivity contribution < 1.29 is 23.6 Å². The maximum atomic E-state index is 12.6. The molecule has 10 nitrogen and oxygen atoms in total. The van der Waals surface area contributed by atoms with Crippen LogP contribution in [0.5, 0.6) is 11.5 Å². The Bertz CT molecular complexity index is 1200. The number of carbonyl (C=O) groups is 2. The molecular weight excluding hydrogens is 474 g/mol. The van der Waals surface area contributed by atoms with Gasteiger partial charge in [-0.3, -0.25) is 15.0 Å². The summed E-state index contributed by atoms with van der Waals surface area (Å²) in [6.07, 6.45) is 0. The van der Waals surface area contributed by atoms with E-state index in [1.807, 2.05) is 20.8 Å². The molecule has 0 spiro atoms. The zero-order valence-electron chi connectivity index (χ0n) is 21.4. The highest BCUT2D eigenvalue weighted by Gasteiger charge is 2.20. The van der Waals surface area contributed by atoms with Crippen LogP contribution in [0.2, 0.25) is 0 Å². The van der Waals surface area contributed by atoms with Crippen molar-refractivity contribution in [3.8, 4) is 11.5 Å². The first-order valence-electron chi connectivity index (χ1n) is 12.3. The van der Waals surface area contributed by atoms with Gasteiger partial charge in [-0.2, -0.15) is 0 Å². The Morgan fingerprint density at radius 3 is 2.46 bits per heavy atom. The lowest BCUT2D eigenvalue weighted by atomic mass is 9.93. The van der Waals surface area contributed by atoms with Crippen LogP contribution in [-0.4, -0.2) is 61.4 Å². The molecule has 0 atom stereocenters. The average Bonchev–Trinajstić information content (AvgIpc) is 3.35. The molecule has 2 aromatic carbocycles. The molecule has 2 heterocycles. The minimum Gasteiger partial charge on any atom is -0.457 e. The molecule has 10 heteroatoms. The van der Waals surface area contributed by atoms with Crippen LogP contribution in [0.3, 0.4) is 0 Å². The minimum absolute atomic E-state index is 0.147. The molecule has 0 bridgehead atoms. The Morgan fingerprint density at radius 2 is 1.76 bits per heavy atom. The van der Waals surface area contributed by atoms with Crippen molar-refractivity contribution in [1.82, 2.24) is 15.4 Å². The molecular formula is C27H33N5O5. The zero-order valence-corrected chi connectivity index (χ0v) is 21.4. The van der Waals surface area contributed by atoms with Crippen LogP contribution in [-0.2, 0) is 10.2 Å². The van der Waals surface area contributed by atoms with Gasteiger partial charge in [-0.1, -0.05) is 32.0 Å². The summed E-state index contributed by atoms with van der Waals surface area (Å²) in [7, 11) is 0. The number of hydrogen-bond acceptors (Lipinski definition) is 7. The lowest BCUT2D eigenvalue weighted by molar-refractivity contribution is 0.0383. The van der Waals surface area contributed by atoms with Crippen molar-refractivity contribution in [3.63, 3.8) is 0 Å². The maximum Gasteiger partial charge on any atom is 0.324 e. The van der Waals surface area contributed by atoms with Crippen LogP contribution in [0.25, 0.3) is 0 Å². The molecule has 196 valence electrons. The largest absolute Gasteiger partial charge is 0.457 e. The number of amides is 3. The van der Waals surface area contributed by atoms with Crippen LogP contribution < -0.4 is 20.7 Å². The van der Waals surface area contributed by atoms with Crippen LogP contribution >= 0.6 is 0 Å². The van der Waals surface area contributed by atoms with Crippen molar-refractivity contribution in [2.75, 3.05) is 50.0 Å². The number of anilines is 2. The fourth-order valence-electron chi connectivity index (χ4n) is 3.66. The number of benzene rings is 2. The fraction of sp³-hybridized carbons (Fsp3) is 0.370. The summed E-state index contributed by atoms with van der Waals surface area (Å²) in [5.41, 5.74) is 0.903. The number of nitrogens with one attached hydrogen (secondary N) is 3. The van der Waals surface area contributed by atoms with Gasteiger partial charge in [-0.15, -0.1) is 0 Å². The van der Waals surface area contributed by atoms with Gasteiger partial charge in [0.25, 0.3) is 5.91 Å². The van der Waals surface area contributed by atoms with Gasteiger partial charge in [0.2, 0.25) is 0 Å². The molecule has 1 aliphatic heterocycles. The molecule has 1 aromatic heterocycles. The number of carbonyl (C=O) groups excluding carboxylic acids is 2. The molecule has 0 unspecified atom stereocenters. The molecule has 1 aliphatic rings. The molecule has 3 aromatic rings. The van der Waals surface area contributed by atoms with E-state index in [1.54, 1.807) is 54.6 Å². The Balaban J connectivity index is 1.26. The Hall–Kier alpha value is -3.89. The van der Waals surface area contributed by atoms with Gasteiger partial charge >= 0.3 is 6.03 Å². The summed E-state index contributed by atoms with van der Waals surface area (Å²) in [4.78, 5) is 27.1. The molecule has 0 saturated carbocycles. The third kappa shape index (κ3) is 7.80. The van der Waals surface area contributed by atoms with Gasteiger partial charge in [0.15, 0.2) is 5.82 Å². The molecule has 1 saturated heterocycles. The molecule has 3 amide bonds. The first kappa shape index (κ1) is 26.2. The summed E-state index contributed by atoms with van der Waals surface area (Å²) >= 11 is 0. The van der Waals surface area contributed by atoms with Crippen LogP contribution in [0.4, 0.5) is 16.3 Å². The van der Waals surface area contributed by atoms with E-state index < -0.39 is 6.03 Å².